The highest BCUT2D eigenvalue weighted by atomic mass is 32.2. The largest absolute Gasteiger partial charge is 0.493 e. The molecule has 7 heteroatoms. The van der Waals surface area contributed by atoms with Crippen LogP contribution in [0.25, 0.3) is 6.08 Å². The summed E-state index contributed by atoms with van der Waals surface area (Å²) >= 11 is 0.820. The van der Waals surface area contributed by atoms with Crippen LogP contribution < -0.4 is 10.1 Å². The molecule has 0 atom stereocenters. The third-order valence-electron chi connectivity index (χ3n) is 4.19. The van der Waals surface area contributed by atoms with E-state index in [0.717, 1.165) is 27.8 Å². The van der Waals surface area contributed by atoms with Gasteiger partial charge < -0.3 is 10.1 Å². The van der Waals surface area contributed by atoms with Gasteiger partial charge in [-0.2, -0.15) is 0 Å². The van der Waals surface area contributed by atoms with Crippen molar-refractivity contribution in [2.24, 2.45) is 0 Å². The molecule has 3 rings (SSSR count). The molecule has 2 aromatic rings. The number of benzene rings is 2. The van der Waals surface area contributed by atoms with Gasteiger partial charge in [0, 0.05) is 11.3 Å². The molecule has 29 heavy (non-hydrogen) atoms. The van der Waals surface area contributed by atoms with Gasteiger partial charge in [-0.05, 0) is 67.9 Å². The minimum atomic E-state index is -0.484. The maximum absolute atomic E-state index is 12.7. The number of hydrogen-bond donors (Lipinski definition) is 1. The molecule has 1 fully saturated rings. The number of nitrogens with zero attached hydrogens (tertiary/aromatic N) is 1. The number of hydrogen-bond acceptors (Lipinski definition) is 5. The van der Waals surface area contributed by atoms with Gasteiger partial charge in [-0.25, -0.2) is 0 Å². The minimum absolute atomic E-state index is 0.265. The molecule has 1 aliphatic heterocycles. The lowest BCUT2D eigenvalue weighted by Gasteiger charge is -2.13. The summed E-state index contributed by atoms with van der Waals surface area (Å²) in [7, 11) is 0. The van der Waals surface area contributed by atoms with E-state index in [1.807, 2.05) is 57.2 Å². The Balaban J connectivity index is 1.73. The van der Waals surface area contributed by atoms with Crippen LogP contribution in [0.5, 0.6) is 5.75 Å². The molecule has 1 aliphatic rings. The molecular weight excluding hydrogens is 388 g/mol. The van der Waals surface area contributed by atoms with E-state index in [2.05, 4.69) is 5.32 Å². The molecule has 0 spiro atoms. The van der Waals surface area contributed by atoms with Crippen molar-refractivity contribution in [3.8, 4) is 5.75 Å². The first-order valence-corrected chi connectivity index (χ1v) is 10.0. The Hall–Kier alpha value is -3.06. The van der Waals surface area contributed by atoms with Crippen LogP contribution in [0.3, 0.4) is 0 Å². The number of anilines is 1. The predicted octanol–water partition coefficient (Wildman–Crippen LogP) is 4.38. The number of amides is 3. The summed E-state index contributed by atoms with van der Waals surface area (Å²) in [4.78, 5) is 38.6. The third kappa shape index (κ3) is 5.06. The van der Waals surface area contributed by atoms with Crippen molar-refractivity contribution < 1.29 is 19.1 Å². The molecule has 6 nitrogen and oxygen atoms in total. The first-order valence-electron chi connectivity index (χ1n) is 9.22. The lowest BCUT2D eigenvalue weighted by atomic mass is 10.1. The number of aryl methyl sites for hydroxylation is 2. The molecule has 1 saturated heterocycles. The minimum Gasteiger partial charge on any atom is -0.493 e. The van der Waals surface area contributed by atoms with Gasteiger partial charge in [0.05, 0.1) is 11.5 Å². The molecule has 3 amide bonds. The monoisotopic (exact) mass is 410 g/mol. The zero-order valence-corrected chi connectivity index (χ0v) is 17.3. The van der Waals surface area contributed by atoms with Gasteiger partial charge in [0.1, 0.15) is 12.3 Å². The van der Waals surface area contributed by atoms with Crippen molar-refractivity contribution in [1.29, 1.82) is 0 Å². The topological polar surface area (TPSA) is 75.7 Å². The van der Waals surface area contributed by atoms with Gasteiger partial charge >= 0.3 is 0 Å². The van der Waals surface area contributed by atoms with Gasteiger partial charge in [0.2, 0.25) is 5.91 Å². The highest BCUT2D eigenvalue weighted by molar-refractivity contribution is 8.18. The first kappa shape index (κ1) is 20.7. The number of para-hydroxylation sites is 1. The zero-order valence-electron chi connectivity index (χ0n) is 16.5. The Morgan fingerprint density at radius 1 is 1.14 bits per heavy atom. The summed E-state index contributed by atoms with van der Waals surface area (Å²) in [6.07, 6.45) is 1.62. The number of carbonyl (C=O) groups is 3. The lowest BCUT2D eigenvalue weighted by Crippen LogP contribution is -2.36. The second-order valence-electron chi connectivity index (χ2n) is 6.66. The molecule has 150 valence electrons. The van der Waals surface area contributed by atoms with Crippen LogP contribution in [0.4, 0.5) is 10.5 Å². The second-order valence-corrected chi connectivity index (χ2v) is 7.66. The Morgan fingerprint density at radius 3 is 2.52 bits per heavy atom. The Labute approximate surface area is 173 Å². The summed E-state index contributed by atoms with van der Waals surface area (Å²) in [6.45, 7) is 5.90. The van der Waals surface area contributed by atoms with Gasteiger partial charge in [-0.3, -0.25) is 19.3 Å². The van der Waals surface area contributed by atoms with Crippen LogP contribution >= 0.6 is 11.8 Å². The van der Waals surface area contributed by atoms with Crippen molar-refractivity contribution >= 4 is 40.6 Å². The fourth-order valence-corrected chi connectivity index (χ4v) is 3.88. The molecule has 0 radical (unpaired) electrons. The van der Waals surface area contributed by atoms with E-state index in [-0.39, 0.29) is 11.4 Å². The van der Waals surface area contributed by atoms with E-state index in [4.69, 9.17) is 4.74 Å². The second kappa shape index (κ2) is 8.96. The van der Waals surface area contributed by atoms with Crippen LogP contribution in [0, 0.1) is 13.8 Å². The molecule has 1 heterocycles. The first-order chi connectivity index (χ1) is 13.9. The average molecular weight is 410 g/mol. The standard InChI is InChI=1S/C22H22N2O4S/c1-4-28-18-8-6-5-7-16(18)12-19-21(26)24(22(27)29-19)13-20(25)23-17-10-14(2)9-15(3)11-17/h5-12H,4,13H2,1-3H3,(H,23,25)/b19-12+. The molecule has 0 bridgehead atoms. The number of rotatable bonds is 6. The van der Waals surface area contributed by atoms with Gasteiger partial charge in [-0.1, -0.05) is 24.3 Å². The number of thioether (sulfide) groups is 1. The van der Waals surface area contributed by atoms with E-state index >= 15 is 0 Å². The predicted molar refractivity (Wildman–Crippen MR) is 115 cm³/mol. The molecule has 0 unspecified atom stereocenters. The fourth-order valence-electron chi connectivity index (χ4n) is 3.06. The number of imide groups is 1. The Morgan fingerprint density at radius 2 is 1.83 bits per heavy atom. The Bertz CT molecular complexity index is 980. The van der Waals surface area contributed by atoms with Gasteiger partial charge in [-0.15, -0.1) is 0 Å². The summed E-state index contributed by atoms with van der Waals surface area (Å²) in [6, 6.07) is 13.0. The molecule has 0 saturated carbocycles. The summed E-state index contributed by atoms with van der Waals surface area (Å²) in [5.74, 6) is -0.274. The van der Waals surface area contributed by atoms with Crippen LogP contribution in [0.15, 0.2) is 47.4 Å². The number of carbonyl (C=O) groups excluding carboxylic acids is 3. The normalized spacial score (nSPS) is 15.1. The lowest BCUT2D eigenvalue weighted by molar-refractivity contribution is -0.127. The van der Waals surface area contributed by atoms with Crippen LogP contribution in [0.1, 0.15) is 23.6 Å². The highest BCUT2D eigenvalue weighted by Crippen LogP contribution is 2.33. The summed E-state index contributed by atoms with van der Waals surface area (Å²) in [5, 5.41) is 2.28. The van der Waals surface area contributed by atoms with Crippen molar-refractivity contribution in [3.05, 3.63) is 64.1 Å². The van der Waals surface area contributed by atoms with E-state index in [9.17, 15) is 14.4 Å². The quantitative estimate of drug-likeness (QED) is 0.716. The molecule has 1 N–H and O–H groups in total. The molecule has 2 aromatic carbocycles. The van der Waals surface area contributed by atoms with Gasteiger partial charge in [0.15, 0.2) is 0 Å². The average Bonchev–Trinajstić information content (AvgIpc) is 2.90. The smallest absolute Gasteiger partial charge is 0.294 e. The third-order valence-corrected chi connectivity index (χ3v) is 5.09. The van der Waals surface area contributed by atoms with Crippen molar-refractivity contribution in [2.75, 3.05) is 18.5 Å². The van der Waals surface area contributed by atoms with E-state index in [0.29, 0.717) is 23.6 Å². The van der Waals surface area contributed by atoms with Crippen LogP contribution in [0.2, 0.25) is 0 Å². The maximum Gasteiger partial charge on any atom is 0.294 e. The fraction of sp³-hybridized carbons (Fsp3) is 0.227. The number of nitrogens with one attached hydrogen (secondary N) is 1. The highest BCUT2D eigenvalue weighted by Gasteiger charge is 2.36. The molecule has 0 aromatic heterocycles. The zero-order chi connectivity index (χ0) is 21.0. The maximum atomic E-state index is 12.7. The van der Waals surface area contributed by atoms with Gasteiger partial charge in [0.25, 0.3) is 11.1 Å². The van der Waals surface area contributed by atoms with Crippen LogP contribution in [-0.2, 0) is 9.59 Å². The van der Waals surface area contributed by atoms with Crippen LogP contribution in [-0.4, -0.2) is 35.1 Å². The summed E-state index contributed by atoms with van der Waals surface area (Å²) < 4.78 is 5.56. The van der Waals surface area contributed by atoms with Crippen molar-refractivity contribution in [3.63, 3.8) is 0 Å². The number of ether oxygens (including phenoxy) is 1. The molecular formula is C22H22N2O4S. The van der Waals surface area contributed by atoms with E-state index < -0.39 is 17.1 Å². The Kier molecular flexibility index (Phi) is 6.39. The van der Waals surface area contributed by atoms with Crippen molar-refractivity contribution in [2.45, 2.75) is 20.8 Å². The SMILES string of the molecule is CCOc1ccccc1/C=C1/SC(=O)N(CC(=O)Nc2cc(C)cc(C)c2)C1=O. The van der Waals surface area contributed by atoms with E-state index in [1.54, 1.807) is 12.1 Å². The molecule has 0 aliphatic carbocycles. The van der Waals surface area contributed by atoms with E-state index in [1.165, 1.54) is 0 Å². The summed E-state index contributed by atoms with van der Waals surface area (Å²) in [5.41, 5.74) is 3.38. The van der Waals surface area contributed by atoms with Crippen molar-refractivity contribution in [1.82, 2.24) is 4.90 Å².